The van der Waals surface area contributed by atoms with Crippen molar-refractivity contribution < 1.29 is 0 Å². The second-order valence-corrected chi connectivity index (χ2v) is 4.73. The average Bonchev–Trinajstić information content (AvgIpc) is 2.71. The van der Waals surface area contributed by atoms with Crippen LogP contribution in [-0.2, 0) is 12.8 Å². The van der Waals surface area contributed by atoms with Gasteiger partial charge < -0.3 is 5.32 Å². The van der Waals surface area contributed by atoms with Gasteiger partial charge in [0, 0.05) is 11.1 Å². The number of rotatable bonds is 2. The molecule has 17 heavy (non-hydrogen) atoms. The molecule has 1 unspecified atom stereocenters. The van der Waals surface area contributed by atoms with Gasteiger partial charge in [0.2, 0.25) is 0 Å². The first-order chi connectivity index (χ1) is 8.31. The summed E-state index contributed by atoms with van der Waals surface area (Å²) in [5.74, 6) is 0. The zero-order valence-corrected chi connectivity index (χ0v) is 9.98. The minimum atomic E-state index is 0.412. The topological polar surface area (TPSA) is 37.8 Å². The van der Waals surface area contributed by atoms with E-state index in [0.717, 1.165) is 23.6 Å². The van der Waals surface area contributed by atoms with Crippen LogP contribution >= 0.6 is 11.6 Å². The number of benzene rings is 1. The Hall–Kier alpha value is -1.61. The lowest BCUT2D eigenvalue weighted by Crippen LogP contribution is -2.19. The molecule has 1 atom stereocenters. The second-order valence-electron chi connectivity index (χ2n) is 4.29. The predicted octanol–water partition coefficient (Wildman–Crippen LogP) is 2.71. The number of nitrogens with zero attached hydrogens (tertiary/aromatic N) is 2. The molecule has 1 N–H and O–H groups in total. The van der Waals surface area contributed by atoms with E-state index >= 15 is 0 Å². The number of hydrogen-bond acceptors (Lipinski definition) is 3. The van der Waals surface area contributed by atoms with Gasteiger partial charge in [-0.2, -0.15) is 0 Å². The third-order valence-electron chi connectivity index (χ3n) is 3.03. The van der Waals surface area contributed by atoms with Gasteiger partial charge in [0.25, 0.3) is 0 Å². The van der Waals surface area contributed by atoms with Crippen LogP contribution in [0.2, 0.25) is 5.02 Å². The average molecular weight is 246 g/mol. The first kappa shape index (κ1) is 10.5. The van der Waals surface area contributed by atoms with Gasteiger partial charge in [-0.05, 0) is 36.1 Å². The molecular formula is C13H12ClN3. The number of anilines is 1. The van der Waals surface area contributed by atoms with Gasteiger partial charge in [-0.15, -0.1) is 0 Å². The number of nitrogens with one attached hydrogen (secondary N) is 1. The molecule has 1 aliphatic rings. The van der Waals surface area contributed by atoms with Gasteiger partial charge in [-0.3, -0.25) is 0 Å². The number of hydrogen-bond donors (Lipinski definition) is 1. The molecule has 0 amide bonds. The Morgan fingerprint density at radius 3 is 2.71 bits per heavy atom. The zero-order valence-electron chi connectivity index (χ0n) is 9.23. The third kappa shape index (κ3) is 2.24. The normalized spacial score (nSPS) is 17.8. The molecule has 1 aromatic heterocycles. The van der Waals surface area contributed by atoms with Gasteiger partial charge in [-0.25, -0.2) is 9.97 Å². The van der Waals surface area contributed by atoms with Crippen molar-refractivity contribution in [3.63, 3.8) is 0 Å². The summed E-state index contributed by atoms with van der Waals surface area (Å²) in [6, 6.07) is 6.53. The summed E-state index contributed by atoms with van der Waals surface area (Å²) in [4.78, 5) is 7.99. The molecule has 0 radical (unpaired) electrons. The molecular weight excluding hydrogens is 234 g/mol. The van der Waals surface area contributed by atoms with Crippen molar-refractivity contribution >= 4 is 17.3 Å². The molecule has 1 aromatic carbocycles. The van der Waals surface area contributed by atoms with Gasteiger partial charge in [0.1, 0.15) is 6.33 Å². The minimum Gasteiger partial charge on any atom is -0.379 e. The molecule has 86 valence electrons. The highest BCUT2D eigenvalue weighted by atomic mass is 35.5. The summed E-state index contributed by atoms with van der Waals surface area (Å²) in [6.45, 7) is 0. The van der Waals surface area contributed by atoms with Crippen LogP contribution in [0.25, 0.3) is 0 Å². The Morgan fingerprint density at radius 2 is 1.88 bits per heavy atom. The fourth-order valence-corrected chi connectivity index (χ4v) is 2.49. The van der Waals surface area contributed by atoms with Crippen LogP contribution < -0.4 is 5.32 Å². The fourth-order valence-electron chi connectivity index (χ4n) is 2.30. The molecule has 0 aliphatic heterocycles. The van der Waals surface area contributed by atoms with Crippen LogP contribution in [0.1, 0.15) is 11.1 Å². The van der Waals surface area contributed by atoms with Crippen LogP contribution in [0.15, 0.2) is 36.9 Å². The predicted molar refractivity (Wildman–Crippen MR) is 68.3 cm³/mol. The summed E-state index contributed by atoms with van der Waals surface area (Å²) >= 11 is 5.99. The number of aromatic nitrogens is 2. The maximum absolute atomic E-state index is 5.99. The smallest absolute Gasteiger partial charge is 0.115 e. The fraction of sp³-hybridized carbons (Fsp3) is 0.231. The molecule has 4 heteroatoms. The van der Waals surface area contributed by atoms with Gasteiger partial charge in [0.15, 0.2) is 0 Å². The van der Waals surface area contributed by atoms with Crippen LogP contribution in [0.4, 0.5) is 5.69 Å². The van der Waals surface area contributed by atoms with Crippen LogP contribution in [-0.4, -0.2) is 16.0 Å². The lowest BCUT2D eigenvalue weighted by molar-refractivity contribution is 0.772. The Labute approximate surface area is 105 Å². The Balaban J connectivity index is 1.74. The number of halogens is 1. The van der Waals surface area contributed by atoms with E-state index in [2.05, 4.69) is 27.4 Å². The first-order valence-corrected chi connectivity index (χ1v) is 5.98. The SMILES string of the molecule is Clc1ccc2c(c1)CC(Nc1cncnc1)C2. The van der Waals surface area contributed by atoms with Crippen LogP contribution in [0.5, 0.6) is 0 Å². The molecule has 3 nitrogen and oxygen atoms in total. The maximum Gasteiger partial charge on any atom is 0.115 e. The van der Waals surface area contributed by atoms with Crippen molar-refractivity contribution in [3.8, 4) is 0 Å². The highest BCUT2D eigenvalue weighted by Gasteiger charge is 2.21. The van der Waals surface area contributed by atoms with Crippen molar-refractivity contribution in [1.82, 2.24) is 9.97 Å². The quantitative estimate of drug-likeness (QED) is 0.884. The summed E-state index contributed by atoms with van der Waals surface area (Å²) in [6.07, 6.45) is 7.16. The first-order valence-electron chi connectivity index (χ1n) is 5.60. The zero-order chi connectivity index (χ0) is 11.7. The summed E-state index contributed by atoms with van der Waals surface area (Å²) in [5.41, 5.74) is 3.69. The van der Waals surface area contributed by atoms with Crippen LogP contribution in [0, 0.1) is 0 Å². The van der Waals surface area contributed by atoms with Crippen molar-refractivity contribution in [2.75, 3.05) is 5.32 Å². The minimum absolute atomic E-state index is 0.412. The third-order valence-corrected chi connectivity index (χ3v) is 3.27. The lowest BCUT2D eigenvalue weighted by atomic mass is 10.1. The van der Waals surface area contributed by atoms with Gasteiger partial charge in [-0.1, -0.05) is 17.7 Å². The van der Waals surface area contributed by atoms with E-state index < -0.39 is 0 Å². The molecule has 1 aliphatic carbocycles. The molecule has 0 saturated carbocycles. The highest BCUT2D eigenvalue weighted by Crippen LogP contribution is 2.26. The van der Waals surface area contributed by atoms with Crippen molar-refractivity contribution in [3.05, 3.63) is 53.1 Å². The van der Waals surface area contributed by atoms with Crippen LogP contribution in [0.3, 0.4) is 0 Å². The van der Waals surface area contributed by atoms with E-state index in [1.807, 2.05) is 6.07 Å². The van der Waals surface area contributed by atoms with E-state index in [1.54, 1.807) is 12.4 Å². The van der Waals surface area contributed by atoms with Crippen molar-refractivity contribution in [2.24, 2.45) is 0 Å². The van der Waals surface area contributed by atoms with E-state index in [9.17, 15) is 0 Å². The van der Waals surface area contributed by atoms with Gasteiger partial charge in [0.05, 0.1) is 18.1 Å². The van der Waals surface area contributed by atoms with E-state index in [-0.39, 0.29) is 0 Å². The highest BCUT2D eigenvalue weighted by molar-refractivity contribution is 6.30. The summed E-state index contributed by atoms with van der Waals surface area (Å²) < 4.78 is 0. The second kappa shape index (κ2) is 4.34. The van der Waals surface area contributed by atoms with Crippen molar-refractivity contribution in [1.29, 1.82) is 0 Å². The Kier molecular flexibility index (Phi) is 2.69. The largest absolute Gasteiger partial charge is 0.379 e. The maximum atomic E-state index is 5.99. The molecule has 1 heterocycles. The monoisotopic (exact) mass is 245 g/mol. The molecule has 2 aromatic rings. The molecule has 0 bridgehead atoms. The molecule has 0 fully saturated rings. The Morgan fingerprint density at radius 1 is 1.12 bits per heavy atom. The van der Waals surface area contributed by atoms with E-state index in [0.29, 0.717) is 6.04 Å². The molecule has 0 spiro atoms. The summed E-state index contributed by atoms with van der Waals surface area (Å²) in [7, 11) is 0. The standard InChI is InChI=1S/C13H12ClN3/c14-11-2-1-9-4-12(5-10(9)3-11)17-13-6-15-8-16-7-13/h1-3,6-8,12,17H,4-5H2. The van der Waals surface area contributed by atoms with Gasteiger partial charge >= 0.3 is 0 Å². The number of fused-ring (bicyclic) bond motifs is 1. The van der Waals surface area contributed by atoms with E-state index in [4.69, 9.17) is 11.6 Å². The summed E-state index contributed by atoms with van der Waals surface area (Å²) in [5, 5.41) is 4.25. The molecule has 0 saturated heterocycles. The van der Waals surface area contributed by atoms with Crippen molar-refractivity contribution in [2.45, 2.75) is 18.9 Å². The lowest BCUT2D eigenvalue weighted by Gasteiger charge is -2.12. The molecule has 3 rings (SSSR count). The Bertz CT molecular complexity index is 527. The van der Waals surface area contributed by atoms with E-state index in [1.165, 1.54) is 17.5 Å².